The molecule has 0 bridgehead atoms. The molecule has 0 fully saturated rings. The topological polar surface area (TPSA) is 135 Å². The molecule has 0 aliphatic heterocycles. The summed E-state index contributed by atoms with van der Waals surface area (Å²) in [4.78, 5) is 10.7. The van der Waals surface area contributed by atoms with Crippen molar-refractivity contribution in [3.63, 3.8) is 0 Å². The van der Waals surface area contributed by atoms with E-state index in [9.17, 15) is 21.6 Å². The summed E-state index contributed by atoms with van der Waals surface area (Å²) in [5.41, 5.74) is 0.694. The molecule has 8 nitrogen and oxygen atoms in total. The number of esters is 1. The van der Waals surface area contributed by atoms with Crippen molar-refractivity contribution < 1.29 is 35.5 Å². The van der Waals surface area contributed by atoms with E-state index >= 15 is 0 Å². The Morgan fingerprint density at radius 1 is 1.05 bits per heavy atom. The van der Waals surface area contributed by atoms with E-state index in [-0.39, 0.29) is 24.4 Å². The van der Waals surface area contributed by atoms with E-state index in [1.807, 2.05) is 0 Å². The van der Waals surface area contributed by atoms with Crippen molar-refractivity contribution in [2.75, 3.05) is 18.1 Å². The van der Waals surface area contributed by atoms with Crippen LogP contribution in [0, 0.1) is 0 Å². The molecule has 0 amide bonds. The number of carbonyl (C=O) groups is 1. The smallest absolute Gasteiger partial charge is 0.333 e. The molecule has 0 heterocycles. The maximum absolute atomic E-state index is 10.7. The molecular weight excluding hydrogens is 324 g/mol. The Morgan fingerprint density at radius 2 is 1.52 bits per heavy atom. The van der Waals surface area contributed by atoms with Crippen LogP contribution >= 0.6 is 0 Å². The molecule has 10 heteroatoms. The molecule has 124 valence electrons. The Hall–Kier alpha value is -1.23. The van der Waals surface area contributed by atoms with Crippen molar-refractivity contribution in [1.29, 1.82) is 0 Å². The molecule has 0 atom stereocenters. The van der Waals surface area contributed by atoms with Crippen LogP contribution < -0.4 is 0 Å². The quantitative estimate of drug-likeness (QED) is 0.228. The summed E-state index contributed by atoms with van der Waals surface area (Å²) in [5, 5.41) is 0. The molecule has 0 aromatic carbocycles. The van der Waals surface area contributed by atoms with Gasteiger partial charge in [0.15, 0.2) is 0 Å². The number of rotatable bonds is 7. The summed E-state index contributed by atoms with van der Waals surface area (Å²) in [6.07, 6.45) is 0.0812. The van der Waals surface area contributed by atoms with Crippen LogP contribution in [0.2, 0.25) is 0 Å². The van der Waals surface area contributed by atoms with Gasteiger partial charge in [0, 0.05) is 5.57 Å². The largest absolute Gasteiger partial charge is 0.462 e. The van der Waals surface area contributed by atoms with E-state index in [4.69, 9.17) is 9.11 Å². The maximum atomic E-state index is 10.7. The second kappa shape index (κ2) is 9.66. The van der Waals surface area contributed by atoms with Crippen LogP contribution in [-0.2, 0) is 29.8 Å². The highest BCUT2D eigenvalue weighted by Gasteiger charge is 2.06. The lowest BCUT2D eigenvalue weighted by Crippen LogP contribution is -2.11. The van der Waals surface area contributed by atoms with Gasteiger partial charge in [0.2, 0.25) is 0 Å². The van der Waals surface area contributed by atoms with Gasteiger partial charge in [-0.2, -0.15) is 16.8 Å². The molecule has 0 radical (unpaired) electrons. The lowest BCUT2D eigenvalue weighted by atomic mass is 10.4. The minimum atomic E-state index is -3.96. The van der Waals surface area contributed by atoms with E-state index in [1.54, 1.807) is 0 Å². The lowest BCUT2D eigenvalue weighted by molar-refractivity contribution is -0.138. The summed E-state index contributed by atoms with van der Waals surface area (Å²) < 4.78 is 61.3. The molecule has 2 N–H and O–H groups in total. The highest BCUT2D eigenvalue weighted by Crippen LogP contribution is 1.95. The average molecular weight is 344 g/mol. The fourth-order valence-corrected chi connectivity index (χ4v) is 1.95. The van der Waals surface area contributed by atoms with Gasteiger partial charge in [-0.25, -0.2) is 4.79 Å². The lowest BCUT2D eigenvalue weighted by Gasteiger charge is -2.02. The van der Waals surface area contributed by atoms with Crippen molar-refractivity contribution in [1.82, 2.24) is 0 Å². The highest BCUT2D eigenvalue weighted by atomic mass is 32.2. The third-order valence-electron chi connectivity index (χ3n) is 1.56. The molecule has 0 saturated heterocycles. The number of carbonyl (C=O) groups excluding carboxylic acids is 1. The van der Waals surface area contributed by atoms with Gasteiger partial charge in [0.25, 0.3) is 20.2 Å². The van der Waals surface area contributed by atoms with Crippen LogP contribution in [-0.4, -0.2) is 50.0 Å². The van der Waals surface area contributed by atoms with Gasteiger partial charge in [-0.15, -0.1) is 0 Å². The maximum Gasteiger partial charge on any atom is 0.333 e. The van der Waals surface area contributed by atoms with Gasteiger partial charge in [-0.05, 0) is 20.3 Å². The SMILES string of the molecule is C=C(C)C(=O)OCCCS(=O)(=O)O.C=C(C)CS(=O)(=O)O. The van der Waals surface area contributed by atoms with Gasteiger partial charge >= 0.3 is 5.97 Å². The van der Waals surface area contributed by atoms with Crippen LogP contribution in [0.5, 0.6) is 0 Å². The highest BCUT2D eigenvalue weighted by molar-refractivity contribution is 7.86. The molecule has 0 aliphatic rings. The molecule has 0 saturated carbocycles. The predicted octanol–water partition coefficient (Wildman–Crippen LogP) is 0.834. The van der Waals surface area contributed by atoms with Crippen molar-refractivity contribution in [3.05, 3.63) is 24.3 Å². The van der Waals surface area contributed by atoms with Crippen LogP contribution in [0.4, 0.5) is 0 Å². The van der Waals surface area contributed by atoms with Gasteiger partial charge in [-0.3, -0.25) is 9.11 Å². The van der Waals surface area contributed by atoms with Crippen molar-refractivity contribution in [3.8, 4) is 0 Å². The zero-order chi connectivity index (χ0) is 17.3. The summed E-state index contributed by atoms with van der Waals surface area (Å²) >= 11 is 0. The van der Waals surface area contributed by atoms with Crippen molar-refractivity contribution in [2.24, 2.45) is 0 Å². The fourth-order valence-electron chi connectivity index (χ4n) is 0.841. The standard InChI is InChI=1S/C7H12O5S.C4H8O3S/c1-6(2)7(8)12-4-3-5-13(9,10)11;1-4(2)3-8(5,6)7/h1,3-5H2,2H3,(H,9,10,11);1,3H2,2H3,(H,5,6,7). The summed E-state index contributed by atoms with van der Waals surface area (Å²) in [6.45, 7) is 9.63. The second-order valence-electron chi connectivity index (χ2n) is 4.24. The third kappa shape index (κ3) is 21.2. The molecule has 0 aromatic rings. The molecule has 0 aromatic heterocycles. The van der Waals surface area contributed by atoms with E-state index in [0.29, 0.717) is 5.57 Å². The Bertz CT molecular complexity index is 571. The molecule has 0 rings (SSSR count). The summed E-state index contributed by atoms with van der Waals surface area (Å²) in [7, 11) is -7.78. The first-order valence-electron chi connectivity index (χ1n) is 5.62. The van der Waals surface area contributed by atoms with Gasteiger partial charge in [0.1, 0.15) is 0 Å². The minimum Gasteiger partial charge on any atom is -0.462 e. The number of hydrogen-bond acceptors (Lipinski definition) is 6. The normalized spacial score (nSPS) is 11.0. The van der Waals surface area contributed by atoms with Gasteiger partial charge < -0.3 is 4.74 Å². The zero-order valence-electron chi connectivity index (χ0n) is 11.9. The van der Waals surface area contributed by atoms with E-state index in [1.165, 1.54) is 13.8 Å². The van der Waals surface area contributed by atoms with Crippen LogP contribution in [0.15, 0.2) is 24.3 Å². The Balaban J connectivity index is 0. The van der Waals surface area contributed by atoms with Crippen LogP contribution in [0.25, 0.3) is 0 Å². The molecule has 0 aliphatic carbocycles. The third-order valence-corrected chi connectivity index (χ3v) is 3.22. The van der Waals surface area contributed by atoms with E-state index < -0.39 is 32.0 Å². The van der Waals surface area contributed by atoms with Crippen molar-refractivity contribution >= 4 is 26.2 Å². The minimum absolute atomic E-state index is 0.0362. The van der Waals surface area contributed by atoms with Crippen molar-refractivity contribution in [2.45, 2.75) is 20.3 Å². The first-order chi connectivity index (χ1) is 9.24. The first-order valence-corrected chi connectivity index (χ1v) is 8.84. The van der Waals surface area contributed by atoms with Gasteiger partial charge in [-0.1, -0.05) is 18.7 Å². The van der Waals surface area contributed by atoms with Crippen LogP contribution in [0.3, 0.4) is 0 Å². The first kappa shape index (κ1) is 22.1. The van der Waals surface area contributed by atoms with Crippen LogP contribution in [0.1, 0.15) is 20.3 Å². The Kier molecular flexibility index (Phi) is 10.1. The number of ether oxygens (including phenoxy) is 1. The zero-order valence-corrected chi connectivity index (χ0v) is 13.5. The predicted molar refractivity (Wildman–Crippen MR) is 78.0 cm³/mol. The summed E-state index contributed by atoms with van der Waals surface area (Å²) in [5.74, 6) is -1.31. The molecular formula is C11H20O8S2. The number of hydrogen-bond donors (Lipinski definition) is 2. The second-order valence-corrected chi connectivity index (χ2v) is 7.26. The Morgan fingerprint density at radius 3 is 1.76 bits per heavy atom. The molecule has 0 unspecified atom stereocenters. The van der Waals surface area contributed by atoms with E-state index in [0.717, 1.165) is 0 Å². The van der Waals surface area contributed by atoms with Gasteiger partial charge in [0.05, 0.1) is 18.1 Å². The molecule has 0 spiro atoms. The molecule has 21 heavy (non-hydrogen) atoms. The average Bonchev–Trinajstić information content (AvgIpc) is 2.19. The Labute approximate surface area is 125 Å². The fraction of sp³-hybridized carbons (Fsp3) is 0.545. The monoisotopic (exact) mass is 344 g/mol. The van der Waals surface area contributed by atoms with E-state index in [2.05, 4.69) is 17.9 Å². The summed E-state index contributed by atoms with van der Waals surface area (Å²) in [6, 6.07) is 0.